The average molecular weight is 309 g/mol. The number of carboxylic acid groups (broad SMARTS) is 1. The summed E-state index contributed by atoms with van der Waals surface area (Å²) in [5.74, 6) is -2.18. The predicted octanol–water partition coefficient (Wildman–Crippen LogP) is 2.63. The molecule has 5 nitrogen and oxygen atoms in total. The molecule has 21 heavy (non-hydrogen) atoms. The van der Waals surface area contributed by atoms with Gasteiger partial charge in [-0.3, -0.25) is 4.72 Å². The van der Waals surface area contributed by atoms with Crippen LogP contribution in [-0.4, -0.2) is 19.5 Å². The summed E-state index contributed by atoms with van der Waals surface area (Å²) >= 11 is 0. The molecule has 2 rings (SSSR count). The third-order valence-electron chi connectivity index (χ3n) is 2.76. The fourth-order valence-corrected chi connectivity index (χ4v) is 2.95. The van der Waals surface area contributed by atoms with Gasteiger partial charge in [0.2, 0.25) is 0 Å². The molecule has 0 saturated carbocycles. The molecule has 0 amide bonds. The van der Waals surface area contributed by atoms with Crippen LogP contribution in [0.3, 0.4) is 0 Å². The first-order valence-corrected chi connectivity index (χ1v) is 7.40. The van der Waals surface area contributed by atoms with E-state index in [1.165, 1.54) is 12.1 Å². The van der Waals surface area contributed by atoms with Crippen LogP contribution in [0, 0.1) is 12.7 Å². The zero-order valence-corrected chi connectivity index (χ0v) is 11.8. The van der Waals surface area contributed by atoms with Crippen molar-refractivity contribution in [3.63, 3.8) is 0 Å². The Hall–Kier alpha value is -2.41. The summed E-state index contributed by atoms with van der Waals surface area (Å²) in [6, 6.07) is 8.97. The first-order valence-electron chi connectivity index (χ1n) is 5.92. The molecule has 2 aromatic carbocycles. The third-order valence-corrected chi connectivity index (χ3v) is 4.12. The van der Waals surface area contributed by atoms with Crippen LogP contribution >= 0.6 is 0 Å². The van der Waals surface area contributed by atoms with Crippen molar-refractivity contribution in [3.8, 4) is 0 Å². The lowest BCUT2D eigenvalue weighted by Gasteiger charge is -2.11. The Morgan fingerprint density at radius 2 is 1.90 bits per heavy atom. The largest absolute Gasteiger partial charge is 0.478 e. The topological polar surface area (TPSA) is 83.5 Å². The van der Waals surface area contributed by atoms with E-state index in [-0.39, 0.29) is 10.6 Å². The average Bonchev–Trinajstić information content (AvgIpc) is 2.40. The molecule has 110 valence electrons. The number of rotatable bonds is 4. The second-order valence-corrected chi connectivity index (χ2v) is 6.10. The fraction of sp³-hybridized carbons (Fsp3) is 0.0714. The highest BCUT2D eigenvalue weighted by atomic mass is 32.2. The van der Waals surface area contributed by atoms with Crippen molar-refractivity contribution < 1.29 is 22.7 Å². The molecule has 0 fully saturated rings. The van der Waals surface area contributed by atoms with Gasteiger partial charge in [-0.25, -0.2) is 17.6 Å². The third kappa shape index (κ3) is 3.38. The van der Waals surface area contributed by atoms with E-state index >= 15 is 0 Å². The maximum atomic E-state index is 13.1. The normalized spacial score (nSPS) is 11.1. The second kappa shape index (κ2) is 5.53. The minimum Gasteiger partial charge on any atom is -0.478 e. The van der Waals surface area contributed by atoms with Crippen LogP contribution in [0.4, 0.5) is 10.1 Å². The summed E-state index contributed by atoms with van der Waals surface area (Å²) in [5.41, 5.74) is 0.104. The number of anilines is 1. The van der Waals surface area contributed by atoms with Gasteiger partial charge in [0.1, 0.15) is 5.82 Å². The number of carboxylic acids is 1. The van der Waals surface area contributed by atoms with Crippen LogP contribution in [0.5, 0.6) is 0 Å². The Morgan fingerprint density at radius 1 is 1.19 bits per heavy atom. The predicted molar refractivity (Wildman–Crippen MR) is 75.3 cm³/mol. The number of nitrogens with one attached hydrogen (secondary N) is 1. The minimum atomic E-state index is -3.94. The summed E-state index contributed by atoms with van der Waals surface area (Å²) in [7, 11) is -3.94. The number of aryl methyl sites for hydroxylation is 1. The van der Waals surface area contributed by atoms with E-state index < -0.39 is 27.4 Å². The molecule has 0 bridgehead atoms. The van der Waals surface area contributed by atoms with Gasteiger partial charge in [-0.1, -0.05) is 12.1 Å². The molecule has 0 radical (unpaired) electrons. The Kier molecular flexibility index (Phi) is 3.95. The number of hydrogen-bond acceptors (Lipinski definition) is 3. The number of halogens is 1. The number of aromatic carboxylic acids is 1. The summed E-state index contributed by atoms with van der Waals surface area (Å²) in [5, 5.41) is 9.00. The van der Waals surface area contributed by atoms with Gasteiger partial charge in [0, 0.05) is 0 Å². The molecule has 0 aromatic heterocycles. The van der Waals surface area contributed by atoms with E-state index in [0.717, 1.165) is 23.8 Å². The van der Waals surface area contributed by atoms with Crippen molar-refractivity contribution >= 4 is 21.7 Å². The zero-order valence-electron chi connectivity index (χ0n) is 11.0. The second-order valence-electron chi connectivity index (χ2n) is 4.42. The molecular formula is C14H12FNO4S. The highest BCUT2D eigenvalue weighted by Gasteiger charge is 2.19. The van der Waals surface area contributed by atoms with Gasteiger partial charge >= 0.3 is 5.97 Å². The first kappa shape index (κ1) is 15.0. The lowest BCUT2D eigenvalue weighted by atomic mass is 10.2. The summed E-state index contributed by atoms with van der Waals surface area (Å²) in [4.78, 5) is 11.1. The monoisotopic (exact) mass is 309 g/mol. The molecule has 2 N–H and O–H groups in total. The van der Waals surface area contributed by atoms with Crippen LogP contribution in [0.2, 0.25) is 0 Å². The Balaban J connectivity index is 2.44. The molecule has 7 heteroatoms. The van der Waals surface area contributed by atoms with Gasteiger partial charge in [0.15, 0.2) is 0 Å². The quantitative estimate of drug-likeness (QED) is 0.909. The van der Waals surface area contributed by atoms with Gasteiger partial charge in [-0.05, 0) is 42.8 Å². The van der Waals surface area contributed by atoms with Crippen molar-refractivity contribution in [2.24, 2.45) is 0 Å². The Labute approximate surface area is 121 Å². The van der Waals surface area contributed by atoms with Crippen LogP contribution in [0.25, 0.3) is 0 Å². The molecule has 0 unspecified atom stereocenters. The highest BCUT2D eigenvalue weighted by molar-refractivity contribution is 7.92. The number of hydrogen-bond donors (Lipinski definition) is 2. The molecular weight excluding hydrogens is 297 g/mol. The molecule has 2 aromatic rings. The molecule has 0 heterocycles. The smallest absolute Gasteiger partial charge is 0.337 e. The van der Waals surface area contributed by atoms with Gasteiger partial charge in [-0.15, -0.1) is 0 Å². The molecule has 0 aliphatic rings. The van der Waals surface area contributed by atoms with Gasteiger partial charge in [0.25, 0.3) is 10.0 Å². The maximum absolute atomic E-state index is 13.1. The Morgan fingerprint density at radius 3 is 2.52 bits per heavy atom. The molecule has 0 spiro atoms. The van der Waals surface area contributed by atoms with Crippen LogP contribution in [-0.2, 0) is 10.0 Å². The van der Waals surface area contributed by atoms with Crippen LogP contribution in [0.15, 0.2) is 47.4 Å². The van der Waals surface area contributed by atoms with Crippen molar-refractivity contribution in [1.82, 2.24) is 0 Å². The van der Waals surface area contributed by atoms with Crippen molar-refractivity contribution in [2.75, 3.05) is 4.72 Å². The fourth-order valence-electron chi connectivity index (χ4n) is 1.77. The zero-order chi connectivity index (χ0) is 15.6. The highest BCUT2D eigenvalue weighted by Crippen LogP contribution is 2.21. The molecule has 0 aliphatic carbocycles. The SMILES string of the molecule is Cc1cccc(S(=O)(=O)Nc2ccc(F)cc2C(=O)O)c1. The van der Waals surface area contributed by atoms with Crippen LogP contribution in [0.1, 0.15) is 15.9 Å². The number of sulfonamides is 1. The van der Waals surface area contributed by atoms with Gasteiger partial charge in [0.05, 0.1) is 16.1 Å². The van der Waals surface area contributed by atoms with E-state index in [2.05, 4.69) is 4.72 Å². The number of benzene rings is 2. The van der Waals surface area contributed by atoms with Crippen molar-refractivity contribution in [2.45, 2.75) is 11.8 Å². The first-order chi connectivity index (χ1) is 9.79. The summed E-state index contributed by atoms with van der Waals surface area (Å²) < 4.78 is 39.7. The molecule has 0 atom stereocenters. The summed E-state index contributed by atoms with van der Waals surface area (Å²) in [6.45, 7) is 1.74. The van der Waals surface area contributed by atoms with Gasteiger partial charge < -0.3 is 5.11 Å². The van der Waals surface area contributed by atoms with Crippen LogP contribution < -0.4 is 4.72 Å². The van der Waals surface area contributed by atoms with Gasteiger partial charge in [-0.2, -0.15) is 0 Å². The van der Waals surface area contributed by atoms with Crippen molar-refractivity contribution in [3.05, 3.63) is 59.4 Å². The maximum Gasteiger partial charge on any atom is 0.337 e. The van der Waals surface area contributed by atoms with E-state index in [1.54, 1.807) is 19.1 Å². The van der Waals surface area contributed by atoms with E-state index in [9.17, 15) is 17.6 Å². The minimum absolute atomic E-state index is 0.00293. The summed E-state index contributed by atoms with van der Waals surface area (Å²) in [6.07, 6.45) is 0. The van der Waals surface area contributed by atoms with E-state index in [4.69, 9.17) is 5.11 Å². The lowest BCUT2D eigenvalue weighted by molar-refractivity contribution is 0.0697. The van der Waals surface area contributed by atoms with Crippen molar-refractivity contribution in [1.29, 1.82) is 0 Å². The molecule has 0 aliphatic heterocycles. The van der Waals surface area contributed by atoms with E-state index in [0.29, 0.717) is 0 Å². The standard InChI is InChI=1S/C14H12FNO4S/c1-9-3-2-4-11(7-9)21(19,20)16-13-6-5-10(15)8-12(13)14(17)18/h2-8,16H,1H3,(H,17,18). The Bertz CT molecular complexity index is 802. The number of carbonyl (C=O) groups is 1. The van der Waals surface area contributed by atoms with E-state index in [1.807, 2.05) is 0 Å². The molecule has 0 saturated heterocycles. The lowest BCUT2D eigenvalue weighted by Crippen LogP contribution is -2.15.